The summed E-state index contributed by atoms with van der Waals surface area (Å²) in [6.07, 6.45) is 9.01. The largest absolute Gasteiger partial charge is 0.481 e. The first-order valence-electron chi connectivity index (χ1n) is 10.1. The number of nitrogens with one attached hydrogen (secondary N) is 1. The summed E-state index contributed by atoms with van der Waals surface area (Å²) in [6, 6.07) is -0.176. The van der Waals surface area contributed by atoms with Crippen LogP contribution in [0.3, 0.4) is 0 Å². The van der Waals surface area contributed by atoms with Crippen LogP contribution in [-0.4, -0.2) is 60.1 Å². The Morgan fingerprint density at radius 1 is 1.12 bits per heavy atom. The van der Waals surface area contributed by atoms with Crippen molar-refractivity contribution in [2.45, 2.75) is 69.7 Å². The first-order chi connectivity index (χ1) is 12.5. The van der Waals surface area contributed by atoms with Crippen LogP contribution in [0.4, 0.5) is 4.79 Å². The number of fused-ring (bicyclic) bond motifs is 1. The smallest absolute Gasteiger partial charge is 0.317 e. The molecule has 7 nitrogen and oxygen atoms in total. The van der Waals surface area contributed by atoms with Gasteiger partial charge in [0, 0.05) is 32.5 Å². The fourth-order valence-corrected chi connectivity index (χ4v) is 5.35. The second kappa shape index (κ2) is 7.00. The van der Waals surface area contributed by atoms with Crippen LogP contribution in [0.15, 0.2) is 0 Å². The molecule has 0 bridgehead atoms. The Balaban J connectivity index is 1.28. The minimum absolute atomic E-state index is 0.0890. The van der Waals surface area contributed by atoms with Gasteiger partial charge in [0.2, 0.25) is 0 Å². The number of carbonyl (C=O) groups is 2. The van der Waals surface area contributed by atoms with Gasteiger partial charge in [0.05, 0.1) is 12.0 Å². The SMILES string of the molecule is O=C(NCC1COC2(CCCCCC2)O1)N1C[C@@H]2CCC[C@@]2(C(=O)O)C1. The number of aliphatic carboxylic acids is 1. The van der Waals surface area contributed by atoms with Crippen LogP contribution in [-0.2, 0) is 14.3 Å². The molecule has 0 aromatic rings. The van der Waals surface area contributed by atoms with Gasteiger partial charge in [0.15, 0.2) is 5.79 Å². The molecule has 7 heteroatoms. The van der Waals surface area contributed by atoms with E-state index in [1.165, 1.54) is 12.8 Å². The fourth-order valence-electron chi connectivity index (χ4n) is 5.35. The molecule has 0 aromatic carbocycles. The molecule has 2 heterocycles. The normalized spacial score (nSPS) is 36.1. The summed E-state index contributed by atoms with van der Waals surface area (Å²) in [4.78, 5) is 26.0. The molecule has 1 spiro atoms. The van der Waals surface area contributed by atoms with Gasteiger partial charge in [-0.1, -0.05) is 19.3 Å². The van der Waals surface area contributed by atoms with Crippen molar-refractivity contribution in [3.8, 4) is 0 Å². The molecule has 2 aliphatic heterocycles. The molecule has 4 fully saturated rings. The van der Waals surface area contributed by atoms with Crippen LogP contribution in [0, 0.1) is 11.3 Å². The highest BCUT2D eigenvalue weighted by molar-refractivity contribution is 5.80. The molecule has 2 saturated carbocycles. The lowest BCUT2D eigenvalue weighted by Gasteiger charge is -2.27. The minimum Gasteiger partial charge on any atom is -0.481 e. The molecular weight excluding hydrogens is 336 g/mol. The molecule has 2 amide bonds. The number of ether oxygens (including phenoxy) is 2. The Morgan fingerprint density at radius 2 is 1.88 bits per heavy atom. The highest BCUT2D eigenvalue weighted by Crippen LogP contribution is 2.48. The Hall–Kier alpha value is -1.34. The van der Waals surface area contributed by atoms with Gasteiger partial charge >= 0.3 is 12.0 Å². The highest BCUT2D eigenvalue weighted by Gasteiger charge is 2.55. The predicted octanol–water partition coefficient (Wildman–Crippen LogP) is 2.35. The average Bonchev–Trinajstić information content (AvgIpc) is 3.23. The second-order valence-corrected chi connectivity index (χ2v) is 8.49. The summed E-state index contributed by atoms with van der Waals surface area (Å²) in [6.45, 7) is 1.80. The summed E-state index contributed by atoms with van der Waals surface area (Å²) >= 11 is 0. The zero-order valence-corrected chi connectivity index (χ0v) is 15.4. The summed E-state index contributed by atoms with van der Waals surface area (Å²) in [5.74, 6) is -1.10. The zero-order chi connectivity index (χ0) is 18.2. The monoisotopic (exact) mass is 366 g/mol. The van der Waals surface area contributed by atoms with Crippen LogP contribution in [0.2, 0.25) is 0 Å². The maximum Gasteiger partial charge on any atom is 0.317 e. The molecule has 1 unspecified atom stereocenters. The van der Waals surface area contributed by atoms with Crippen molar-refractivity contribution in [1.82, 2.24) is 10.2 Å². The van der Waals surface area contributed by atoms with E-state index in [-0.39, 0.29) is 18.1 Å². The van der Waals surface area contributed by atoms with Crippen molar-refractivity contribution >= 4 is 12.0 Å². The van der Waals surface area contributed by atoms with Crippen molar-refractivity contribution in [3.63, 3.8) is 0 Å². The molecule has 2 saturated heterocycles. The number of rotatable bonds is 3. The number of nitrogens with zero attached hydrogens (tertiary/aromatic N) is 1. The number of amides is 2. The number of carboxylic acid groups (broad SMARTS) is 1. The fraction of sp³-hybridized carbons (Fsp3) is 0.895. The van der Waals surface area contributed by atoms with E-state index in [0.717, 1.165) is 38.5 Å². The molecule has 2 aliphatic carbocycles. The summed E-state index contributed by atoms with van der Waals surface area (Å²) in [5.41, 5.74) is -0.727. The van der Waals surface area contributed by atoms with Crippen molar-refractivity contribution in [2.75, 3.05) is 26.2 Å². The van der Waals surface area contributed by atoms with Crippen molar-refractivity contribution in [2.24, 2.45) is 11.3 Å². The lowest BCUT2D eigenvalue weighted by atomic mass is 9.81. The molecule has 4 rings (SSSR count). The maximum atomic E-state index is 12.5. The van der Waals surface area contributed by atoms with Gasteiger partial charge in [-0.25, -0.2) is 4.79 Å². The highest BCUT2D eigenvalue weighted by atomic mass is 16.7. The Bertz CT molecular complexity index is 560. The number of carbonyl (C=O) groups excluding carboxylic acids is 1. The van der Waals surface area contributed by atoms with Gasteiger partial charge in [0.25, 0.3) is 0 Å². The molecule has 26 heavy (non-hydrogen) atoms. The lowest BCUT2D eigenvalue weighted by Crippen LogP contribution is -2.44. The quantitative estimate of drug-likeness (QED) is 0.800. The lowest BCUT2D eigenvalue weighted by molar-refractivity contribution is -0.175. The molecule has 4 aliphatic rings. The molecular formula is C19H30N2O5. The van der Waals surface area contributed by atoms with E-state index in [1.807, 2.05) is 0 Å². The van der Waals surface area contributed by atoms with Crippen molar-refractivity contribution < 1.29 is 24.2 Å². The Labute approximate surface area is 154 Å². The van der Waals surface area contributed by atoms with Crippen LogP contribution in [0.1, 0.15) is 57.8 Å². The van der Waals surface area contributed by atoms with Crippen LogP contribution in [0.25, 0.3) is 0 Å². The average molecular weight is 366 g/mol. The number of urea groups is 1. The standard InChI is InChI=1S/C19H30N2O5/c22-16(23)18-7-5-6-14(18)11-21(13-18)17(24)20-10-15-12-25-19(26-15)8-3-1-2-4-9-19/h14-15H,1-13H2,(H,20,24)(H,22,23)/t14-,15?,18+/m0/s1. The third-order valence-electron chi connectivity index (χ3n) is 6.84. The predicted molar refractivity (Wildman–Crippen MR) is 93.6 cm³/mol. The van der Waals surface area contributed by atoms with E-state index < -0.39 is 17.2 Å². The zero-order valence-electron chi connectivity index (χ0n) is 15.4. The summed E-state index contributed by atoms with van der Waals surface area (Å²) in [7, 11) is 0. The number of hydrogen-bond acceptors (Lipinski definition) is 4. The van der Waals surface area contributed by atoms with Gasteiger partial charge in [-0.3, -0.25) is 4.79 Å². The minimum atomic E-state index is -0.752. The first-order valence-corrected chi connectivity index (χ1v) is 10.1. The van der Waals surface area contributed by atoms with Crippen molar-refractivity contribution in [1.29, 1.82) is 0 Å². The first kappa shape index (κ1) is 18.0. The molecule has 2 N–H and O–H groups in total. The third kappa shape index (κ3) is 3.20. The van der Waals surface area contributed by atoms with E-state index in [4.69, 9.17) is 9.47 Å². The van der Waals surface area contributed by atoms with Gasteiger partial charge in [-0.15, -0.1) is 0 Å². The van der Waals surface area contributed by atoms with Crippen molar-refractivity contribution in [3.05, 3.63) is 0 Å². The molecule has 146 valence electrons. The molecule has 0 radical (unpaired) electrons. The second-order valence-electron chi connectivity index (χ2n) is 8.49. The topological polar surface area (TPSA) is 88.1 Å². The van der Waals surface area contributed by atoms with Crippen LogP contribution in [0.5, 0.6) is 0 Å². The number of carboxylic acids is 1. The molecule has 0 aromatic heterocycles. The van der Waals surface area contributed by atoms with E-state index in [0.29, 0.717) is 32.7 Å². The number of likely N-dealkylation sites (tertiary alicyclic amines) is 1. The summed E-state index contributed by atoms with van der Waals surface area (Å²) < 4.78 is 12.1. The van der Waals surface area contributed by atoms with Gasteiger partial charge in [0.1, 0.15) is 6.10 Å². The van der Waals surface area contributed by atoms with Crippen LogP contribution < -0.4 is 5.32 Å². The third-order valence-corrected chi connectivity index (χ3v) is 6.84. The number of hydrogen-bond donors (Lipinski definition) is 2. The Kier molecular flexibility index (Phi) is 4.86. The van der Waals surface area contributed by atoms with Gasteiger partial charge in [-0.2, -0.15) is 0 Å². The van der Waals surface area contributed by atoms with E-state index in [2.05, 4.69) is 5.32 Å². The summed E-state index contributed by atoms with van der Waals surface area (Å²) in [5, 5.41) is 12.6. The van der Waals surface area contributed by atoms with E-state index in [1.54, 1.807) is 4.90 Å². The maximum absolute atomic E-state index is 12.5. The van der Waals surface area contributed by atoms with Gasteiger partial charge in [-0.05, 0) is 31.6 Å². The Morgan fingerprint density at radius 3 is 2.58 bits per heavy atom. The van der Waals surface area contributed by atoms with Crippen LogP contribution >= 0.6 is 0 Å². The van der Waals surface area contributed by atoms with E-state index >= 15 is 0 Å². The van der Waals surface area contributed by atoms with Gasteiger partial charge < -0.3 is 24.8 Å². The van der Waals surface area contributed by atoms with E-state index in [9.17, 15) is 14.7 Å². The molecule has 3 atom stereocenters.